The number of hydrogen-bond donors (Lipinski definition) is 1. The van der Waals surface area contributed by atoms with Crippen molar-refractivity contribution in [3.8, 4) is 6.07 Å². The van der Waals surface area contributed by atoms with E-state index in [1.165, 1.54) is 15.7 Å². The van der Waals surface area contributed by atoms with Gasteiger partial charge < -0.3 is 9.64 Å². The number of H-pyrrole nitrogens is 1. The Bertz CT molecular complexity index is 713. The molecule has 1 aliphatic rings. The Morgan fingerprint density at radius 3 is 2.57 bits per heavy atom. The van der Waals surface area contributed by atoms with E-state index in [2.05, 4.69) is 4.98 Å². The van der Waals surface area contributed by atoms with E-state index in [0.29, 0.717) is 13.1 Å². The first-order chi connectivity index (χ1) is 9.71. The summed E-state index contributed by atoms with van der Waals surface area (Å²) < 4.78 is 6.47. The Morgan fingerprint density at radius 1 is 1.43 bits per heavy atom. The fourth-order valence-corrected chi connectivity index (χ4v) is 1.94. The molecular weight excluding hydrogens is 276 g/mol. The van der Waals surface area contributed by atoms with Gasteiger partial charge in [-0.15, -0.1) is 0 Å². The molecule has 0 spiro atoms. The molecule has 1 saturated heterocycles. The first-order valence-electron chi connectivity index (χ1n) is 6.45. The first-order valence-corrected chi connectivity index (χ1v) is 6.45. The summed E-state index contributed by atoms with van der Waals surface area (Å²) in [4.78, 5) is 38.3. The van der Waals surface area contributed by atoms with E-state index in [1.807, 2.05) is 0 Å². The molecule has 2 rings (SSSR count). The van der Waals surface area contributed by atoms with Gasteiger partial charge in [-0.25, -0.2) is 9.59 Å². The van der Waals surface area contributed by atoms with Crippen LogP contribution in [0.15, 0.2) is 15.8 Å². The highest BCUT2D eigenvalue weighted by Gasteiger charge is 2.35. The fraction of sp³-hybridized carbons (Fsp3) is 0.538. The molecule has 1 aliphatic heterocycles. The number of aromatic amines is 1. The number of nitriles is 1. The summed E-state index contributed by atoms with van der Waals surface area (Å²) in [6.45, 7) is 5.91. The molecule has 8 heteroatoms. The van der Waals surface area contributed by atoms with Crippen LogP contribution in [0.2, 0.25) is 0 Å². The third-order valence-electron chi connectivity index (χ3n) is 3.00. The topological polar surface area (TPSA) is 108 Å². The summed E-state index contributed by atoms with van der Waals surface area (Å²) >= 11 is 0. The van der Waals surface area contributed by atoms with Crippen LogP contribution in [0.5, 0.6) is 0 Å². The minimum atomic E-state index is -0.706. The lowest BCUT2D eigenvalue weighted by Crippen LogP contribution is -2.54. The summed E-state index contributed by atoms with van der Waals surface area (Å²) in [7, 11) is 0. The highest BCUT2D eigenvalue weighted by molar-refractivity contribution is 5.69. The molecule has 0 saturated carbocycles. The zero-order valence-corrected chi connectivity index (χ0v) is 12.0. The number of aromatic nitrogens is 2. The van der Waals surface area contributed by atoms with Crippen molar-refractivity contribution < 1.29 is 9.53 Å². The van der Waals surface area contributed by atoms with Crippen molar-refractivity contribution in [2.75, 3.05) is 13.1 Å². The highest BCUT2D eigenvalue weighted by Crippen LogP contribution is 2.22. The van der Waals surface area contributed by atoms with E-state index in [1.54, 1.807) is 26.8 Å². The van der Waals surface area contributed by atoms with Gasteiger partial charge in [-0.3, -0.25) is 14.3 Å². The molecule has 0 bridgehead atoms. The number of hydrogen-bond acceptors (Lipinski definition) is 5. The van der Waals surface area contributed by atoms with Crippen molar-refractivity contribution in [3.63, 3.8) is 0 Å². The average Bonchev–Trinajstić information content (AvgIpc) is 2.27. The lowest BCUT2D eigenvalue weighted by molar-refractivity contribution is 0.000473. The van der Waals surface area contributed by atoms with E-state index in [-0.39, 0.29) is 11.6 Å². The van der Waals surface area contributed by atoms with Crippen molar-refractivity contribution in [2.24, 2.45) is 0 Å². The van der Waals surface area contributed by atoms with E-state index < -0.39 is 22.9 Å². The van der Waals surface area contributed by atoms with Gasteiger partial charge in [0.15, 0.2) is 0 Å². The van der Waals surface area contributed by atoms with Gasteiger partial charge in [0.2, 0.25) is 0 Å². The molecule has 1 aromatic rings. The molecule has 8 nitrogen and oxygen atoms in total. The van der Waals surface area contributed by atoms with Crippen molar-refractivity contribution in [1.82, 2.24) is 14.5 Å². The Labute approximate surface area is 120 Å². The molecule has 0 aliphatic carbocycles. The van der Waals surface area contributed by atoms with Crippen molar-refractivity contribution in [2.45, 2.75) is 32.4 Å². The van der Waals surface area contributed by atoms with Gasteiger partial charge in [-0.05, 0) is 20.8 Å². The molecule has 1 amide bonds. The van der Waals surface area contributed by atoms with Gasteiger partial charge in [0.05, 0.1) is 6.04 Å². The van der Waals surface area contributed by atoms with Crippen LogP contribution in [0.25, 0.3) is 0 Å². The molecule has 1 N–H and O–H groups in total. The van der Waals surface area contributed by atoms with Gasteiger partial charge in [0.25, 0.3) is 5.56 Å². The normalized spacial score (nSPS) is 15.2. The molecule has 21 heavy (non-hydrogen) atoms. The van der Waals surface area contributed by atoms with Crippen LogP contribution < -0.4 is 11.2 Å². The Balaban J connectivity index is 2.09. The summed E-state index contributed by atoms with van der Waals surface area (Å²) in [5, 5.41) is 8.80. The van der Waals surface area contributed by atoms with E-state index in [4.69, 9.17) is 10.00 Å². The number of carbonyl (C=O) groups excluding carboxylic acids is 1. The third-order valence-corrected chi connectivity index (χ3v) is 3.00. The number of rotatable bonds is 1. The lowest BCUT2D eigenvalue weighted by Gasteiger charge is -2.40. The van der Waals surface area contributed by atoms with Crippen LogP contribution in [0.1, 0.15) is 32.4 Å². The minimum Gasteiger partial charge on any atom is -0.444 e. The number of nitrogens with one attached hydrogen (secondary N) is 1. The Kier molecular flexibility index (Phi) is 3.60. The quantitative estimate of drug-likeness (QED) is 0.795. The smallest absolute Gasteiger partial charge is 0.410 e. The van der Waals surface area contributed by atoms with Crippen LogP contribution in [0, 0.1) is 11.3 Å². The molecule has 2 heterocycles. The second-order valence-corrected chi connectivity index (χ2v) is 5.86. The monoisotopic (exact) mass is 292 g/mol. The molecule has 1 aromatic heterocycles. The lowest BCUT2D eigenvalue weighted by atomic mass is 10.1. The summed E-state index contributed by atoms with van der Waals surface area (Å²) in [5.74, 6) is 0. The minimum absolute atomic E-state index is 0.134. The molecule has 0 unspecified atom stereocenters. The predicted octanol–water partition coefficient (Wildman–Crippen LogP) is 0.200. The summed E-state index contributed by atoms with van der Waals surface area (Å²) in [6.07, 6.45) is 0.773. The summed E-state index contributed by atoms with van der Waals surface area (Å²) in [6, 6.07) is 1.45. The predicted molar refractivity (Wildman–Crippen MR) is 72.9 cm³/mol. The van der Waals surface area contributed by atoms with E-state index in [9.17, 15) is 14.4 Å². The van der Waals surface area contributed by atoms with Crippen LogP contribution in [0.4, 0.5) is 4.79 Å². The Hall–Kier alpha value is -2.56. The number of nitrogens with zero attached hydrogens (tertiary/aromatic N) is 3. The standard InChI is InChI=1S/C13H16N4O4/c1-13(2,3)21-12(20)16-6-9(7-16)17-5-8(4-14)10(18)15-11(17)19/h5,9H,6-7H2,1-3H3,(H,15,18,19). The van der Waals surface area contributed by atoms with Gasteiger partial charge in [-0.1, -0.05) is 0 Å². The second kappa shape index (κ2) is 5.09. The Morgan fingerprint density at radius 2 is 2.05 bits per heavy atom. The van der Waals surface area contributed by atoms with Crippen molar-refractivity contribution in [1.29, 1.82) is 5.26 Å². The second-order valence-electron chi connectivity index (χ2n) is 5.86. The summed E-state index contributed by atoms with van der Waals surface area (Å²) in [5.41, 5.74) is -2.01. The van der Waals surface area contributed by atoms with Gasteiger partial charge >= 0.3 is 11.8 Å². The van der Waals surface area contributed by atoms with Crippen LogP contribution in [-0.4, -0.2) is 39.2 Å². The molecule has 112 valence electrons. The van der Waals surface area contributed by atoms with Gasteiger partial charge in [0.1, 0.15) is 17.2 Å². The molecule has 0 atom stereocenters. The number of ether oxygens (including phenoxy) is 1. The SMILES string of the molecule is CC(C)(C)OC(=O)N1CC(n2cc(C#N)c(=O)[nH]c2=O)C1. The maximum atomic E-state index is 11.8. The van der Waals surface area contributed by atoms with Crippen molar-refractivity contribution >= 4 is 6.09 Å². The number of likely N-dealkylation sites (tertiary alicyclic amines) is 1. The number of amides is 1. The zero-order valence-electron chi connectivity index (χ0n) is 12.0. The number of carbonyl (C=O) groups is 1. The maximum absolute atomic E-state index is 11.8. The highest BCUT2D eigenvalue weighted by atomic mass is 16.6. The van der Waals surface area contributed by atoms with E-state index in [0.717, 1.165) is 0 Å². The van der Waals surface area contributed by atoms with Crippen LogP contribution in [-0.2, 0) is 4.74 Å². The third kappa shape index (κ3) is 3.13. The maximum Gasteiger partial charge on any atom is 0.410 e. The fourth-order valence-electron chi connectivity index (χ4n) is 1.94. The molecular formula is C13H16N4O4. The molecule has 0 radical (unpaired) electrons. The van der Waals surface area contributed by atoms with Crippen LogP contribution in [0.3, 0.4) is 0 Å². The van der Waals surface area contributed by atoms with Crippen LogP contribution >= 0.6 is 0 Å². The first kappa shape index (κ1) is 14.8. The van der Waals surface area contributed by atoms with E-state index >= 15 is 0 Å². The zero-order chi connectivity index (χ0) is 15.8. The molecule has 0 aromatic carbocycles. The van der Waals surface area contributed by atoms with Gasteiger partial charge in [0, 0.05) is 19.3 Å². The average molecular weight is 292 g/mol. The van der Waals surface area contributed by atoms with Gasteiger partial charge in [-0.2, -0.15) is 5.26 Å². The largest absolute Gasteiger partial charge is 0.444 e. The van der Waals surface area contributed by atoms with Crippen molar-refractivity contribution in [3.05, 3.63) is 32.6 Å². The molecule has 1 fully saturated rings.